The van der Waals surface area contributed by atoms with Gasteiger partial charge in [-0.15, -0.1) is 5.10 Å². The Bertz CT molecular complexity index is 1730. The highest BCUT2D eigenvalue weighted by Crippen LogP contribution is 2.50. The van der Waals surface area contributed by atoms with Crippen LogP contribution in [0.4, 0.5) is 0 Å². The minimum atomic E-state index is -0.121. The van der Waals surface area contributed by atoms with E-state index in [1.165, 1.54) is 0 Å². The van der Waals surface area contributed by atoms with E-state index in [-0.39, 0.29) is 5.92 Å². The number of ether oxygens (including phenoxy) is 2. The number of rotatable bonds is 4. The second-order valence-electron chi connectivity index (χ2n) is 8.94. The molecule has 3 heterocycles. The van der Waals surface area contributed by atoms with Crippen LogP contribution < -0.4 is 9.47 Å². The SMILES string of the molecule is COc1ccc([C@@H]2c3ccc4ccccc4c3Oc3ncn4nc(Cc5ccccc5)nc4c32)cc1. The predicted octanol–water partition coefficient (Wildman–Crippen LogP) is 6.16. The molecule has 6 heteroatoms. The maximum atomic E-state index is 6.51. The first-order valence-electron chi connectivity index (χ1n) is 11.9. The van der Waals surface area contributed by atoms with Gasteiger partial charge in [-0.2, -0.15) is 0 Å². The molecule has 0 bridgehead atoms. The Labute approximate surface area is 207 Å². The van der Waals surface area contributed by atoms with Crippen molar-refractivity contribution in [2.45, 2.75) is 12.3 Å². The van der Waals surface area contributed by atoms with Crippen molar-refractivity contribution in [3.63, 3.8) is 0 Å². The van der Waals surface area contributed by atoms with Crippen LogP contribution in [0.25, 0.3) is 16.4 Å². The molecule has 0 saturated heterocycles. The zero-order valence-corrected chi connectivity index (χ0v) is 19.6. The smallest absolute Gasteiger partial charge is 0.228 e. The summed E-state index contributed by atoms with van der Waals surface area (Å²) in [4.78, 5) is 9.67. The van der Waals surface area contributed by atoms with E-state index in [1.807, 2.05) is 42.5 Å². The van der Waals surface area contributed by atoms with Crippen molar-refractivity contribution in [2.24, 2.45) is 0 Å². The maximum absolute atomic E-state index is 6.51. The number of hydrogen-bond acceptors (Lipinski definition) is 5. The van der Waals surface area contributed by atoms with Gasteiger partial charge in [0.2, 0.25) is 5.88 Å². The van der Waals surface area contributed by atoms with E-state index in [9.17, 15) is 0 Å². The Morgan fingerprint density at radius 2 is 1.69 bits per heavy atom. The number of benzene rings is 4. The molecule has 0 aliphatic carbocycles. The summed E-state index contributed by atoms with van der Waals surface area (Å²) in [5, 5.41) is 6.93. The molecular weight excluding hydrogens is 448 g/mol. The Kier molecular flexibility index (Phi) is 4.70. The topological polar surface area (TPSA) is 61.5 Å². The van der Waals surface area contributed by atoms with Crippen LogP contribution in [0.2, 0.25) is 0 Å². The Morgan fingerprint density at radius 1 is 0.889 bits per heavy atom. The van der Waals surface area contributed by atoms with E-state index >= 15 is 0 Å². The molecule has 1 aliphatic rings. The van der Waals surface area contributed by atoms with Crippen LogP contribution in [-0.2, 0) is 6.42 Å². The molecule has 174 valence electrons. The normalized spacial score (nSPS) is 14.3. The summed E-state index contributed by atoms with van der Waals surface area (Å²) < 4.78 is 13.7. The van der Waals surface area contributed by atoms with Gasteiger partial charge in [0.05, 0.1) is 12.7 Å². The molecule has 0 amide bonds. The standard InChI is InChI=1S/C30H22N4O2/c1-35-22-14-11-21(12-15-22)26-24-16-13-20-9-5-6-10-23(20)28(24)36-30-27(26)29-32-25(33-34(29)18-31-30)17-19-7-3-2-4-8-19/h2-16,18,26H,17H2,1H3/t26-/m1/s1. The highest BCUT2D eigenvalue weighted by atomic mass is 16.5. The number of methoxy groups -OCH3 is 1. The lowest BCUT2D eigenvalue weighted by atomic mass is 9.83. The van der Waals surface area contributed by atoms with E-state index in [1.54, 1.807) is 18.0 Å². The van der Waals surface area contributed by atoms with Crippen molar-refractivity contribution in [3.8, 4) is 17.4 Å². The van der Waals surface area contributed by atoms with Crippen molar-refractivity contribution in [1.82, 2.24) is 19.6 Å². The molecule has 0 spiro atoms. The third-order valence-corrected chi connectivity index (χ3v) is 6.79. The summed E-state index contributed by atoms with van der Waals surface area (Å²) in [6.07, 6.45) is 2.34. The first-order valence-corrected chi connectivity index (χ1v) is 11.9. The van der Waals surface area contributed by atoms with E-state index in [0.717, 1.165) is 56.0 Å². The Balaban J connectivity index is 1.45. The first kappa shape index (κ1) is 20.6. The van der Waals surface area contributed by atoms with Gasteiger partial charge in [-0.05, 0) is 28.6 Å². The fourth-order valence-corrected chi connectivity index (χ4v) is 5.09. The molecule has 0 unspecified atom stereocenters. The second-order valence-corrected chi connectivity index (χ2v) is 8.94. The van der Waals surface area contributed by atoms with E-state index in [0.29, 0.717) is 12.3 Å². The molecule has 6 aromatic rings. The summed E-state index contributed by atoms with van der Waals surface area (Å²) >= 11 is 0. The largest absolute Gasteiger partial charge is 0.497 e. The van der Waals surface area contributed by atoms with E-state index < -0.39 is 0 Å². The van der Waals surface area contributed by atoms with Crippen LogP contribution >= 0.6 is 0 Å². The third-order valence-electron chi connectivity index (χ3n) is 6.79. The van der Waals surface area contributed by atoms with Gasteiger partial charge in [-0.3, -0.25) is 0 Å². The summed E-state index contributed by atoms with van der Waals surface area (Å²) in [5.41, 5.74) is 5.02. The molecule has 1 aliphatic heterocycles. The molecule has 1 atom stereocenters. The second kappa shape index (κ2) is 8.20. The molecule has 0 fully saturated rings. The van der Waals surface area contributed by atoms with Crippen LogP contribution in [0.1, 0.15) is 34.0 Å². The first-order chi connectivity index (χ1) is 17.8. The van der Waals surface area contributed by atoms with E-state index in [2.05, 4.69) is 48.5 Å². The highest BCUT2D eigenvalue weighted by Gasteiger charge is 2.34. The van der Waals surface area contributed by atoms with Crippen LogP contribution in [0.5, 0.6) is 17.4 Å². The van der Waals surface area contributed by atoms with Gasteiger partial charge in [0, 0.05) is 23.3 Å². The maximum Gasteiger partial charge on any atom is 0.228 e. The molecular formula is C30H22N4O2. The minimum Gasteiger partial charge on any atom is -0.497 e. The molecule has 2 aromatic heterocycles. The van der Waals surface area contributed by atoms with Crippen molar-refractivity contribution < 1.29 is 9.47 Å². The number of fused-ring (bicyclic) bond motifs is 6. The highest BCUT2D eigenvalue weighted by molar-refractivity contribution is 5.91. The van der Waals surface area contributed by atoms with Crippen molar-refractivity contribution in [1.29, 1.82) is 0 Å². The van der Waals surface area contributed by atoms with Gasteiger partial charge >= 0.3 is 0 Å². The van der Waals surface area contributed by atoms with Gasteiger partial charge < -0.3 is 9.47 Å². The number of aromatic nitrogens is 4. The minimum absolute atomic E-state index is 0.121. The predicted molar refractivity (Wildman–Crippen MR) is 138 cm³/mol. The Hall–Kier alpha value is -4.71. The van der Waals surface area contributed by atoms with Gasteiger partial charge in [-0.25, -0.2) is 14.5 Å². The lowest BCUT2D eigenvalue weighted by Gasteiger charge is -2.28. The zero-order valence-electron chi connectivity index (χ0n) is 19.6. The molecule has 0 saturated carbocycles. The van der Waals surface area contributed by atoms with Gasteiger partial charge in [0.15, 0.2) is 11.5 Å². The average Bonchev–Trinajstić information content (AvgIpc) is 3.35. The molecule has 4 aromatic carbocycles. The zero-order chi connectivity index (χ0) is 24.1. The van der Waals surface area contributed by atoms with Crippen molar-refractivity contribution in [3.05, 3.63) is 125 Å². The molecule has 7 rings (SSSR count). The third kappa shape index (κ3) is 3.30. The lowest BCUT2D eigenvalue weighted by Crippen LogP contribution is -2.15. The Morgan fingerprint density at radius 3 is 2.53 bits per heavy atom. The van der Waals surface area contributed by atoms with E-state index in [4.69, 9.17) is 24.5 Å². The fraction of sp³-hybridized carbons (Fsp3) is 0.100. The fourth-order valence-electron chi connectivity index (χ4n) is 5.09. The van der Waals surface area contributed by atoms with Crippen LogP contribution in [0, 0.1) is 0 Å². The van der Waals surface area contributed by atoms with Crippen LogP contribution in [-0.4, -0.2) is 26.7 Å². The summed E-state index contributed by atoms with van der Waals surface area (Å²) in [7, 11) is 1.68. The quantitative estimate of drug-likeness (QED) is 0.308. The van der Waals surface area contributed by atoms with Gasteiger partial charge in [-0.1, -0.05) is 78.9 Å². The van der Waals surface area contributed by atoms with Gasteiger partial charge in [0.25, 0.3) is 0 Å². The molecule has 36 heavy (non-hydrogen) atoms. The van der Waals surface area contributed by atoms with Crippen molar-refractivity contribution in [2.75, 3.05) is 7.11 Å². The van der Waals surface area contributed by atoms with Crippen LogP contribution in [0.3, 0.4) is 0 Å². The molecule has 6 nitrogen and oxygen atoms in total. The number of hydrogen-bond donors (Lipinski definition) is 0. The summed E-state index contributed by atoms with van der Waals surface area (Å²) in [6, 6.07) is 31.0. The monoisotopic (exact) mass is 470 g/mol. The van der Waals surface area contributed by atoms with Gasteiger partial charge in [0.1, 0.15) is 17.8 Å². The lowest BCUT2D eigenvalue weighted by molar-refractivity contribution is 0.414. The average molecular weight is 471 g/mol. The van der Waals surface area contributed by atoms with Crippen molar-refractivity contribution >= 4 is 16.4 Å². The number of nitrogens with zero attached hydrogens (tertiary/aromatic N) is 4. The molecule has 0 radical (unpaired) electrons. The summed E-state index contributed by atoms with van der Waals surface area (Å²) in [5.74, 6) is 2.83. The summed E-state index contributed by atoms with van der Waals surface area (Å²) in [6.45, 7) is 0. The molecule has 0 N–H and O–H groups in total. The van der Waals surface area contributed by atoms with Crippen LogP contribution in [0.15, 0.2) is 97.3 Å².